The number of furan rings is 1. The highest BCUT2D eigenvalue weighted by molar-refractivity contribution is 5.04. The van der Waals surface area contributed by atoms with Gasteiger partial charge in [0.2, 0.25) is 0 Å². The monoisotopic (exact) mass is 364 g/mol. The third-order valence-electron chi connectivity index (χ3n) is 5.18. The lowest BCUT2D eigenvalue weighted by molar-refractivity contribution is 0.102. The van der Waals surface area contributed by atoms with Crippen LogP contribution in [-0.4, -0.2) is 6.61 Å². The molecule has 1 heterocycles. The van der Waals surface area contributed by atoms with Crippen LogP contribution in [-0.2, 0) is 11.3 Å². The molecule has 1 aromatic heterocycles. The predicted molar refractivity (Wildman–Crippen MR) is 113 cm³/mol. The van der Waals surface area contributed by atoms with Gasteiger partial charge in [-0.1, -0.05) is 103 Å². The van der Waals surface area contributed by atoms with Crippen molar-refractivity contribution < 1.29 is 9.15 Å². The van der Waals surface area contributed by atoms with E-state index in [0.717, 1.165) is 18.1 Å². The first-order valence-electron chi connectivity index (χ1n) is 11.5. The van der Waals surface area contributed by atoms with Crippen molar-refractivity contribution in [2.45, 2.75) is 123 Å². The van der Waals surface area contributed by atoms with Crippen molar-refractivity contribution in [3.8, 4) is 0 Å². The van der Waals surface area contributed by atoms with E-state index in [2.05, 4.69) is 6.92 Å². The molecule has 0 radical (unpaired) electrons. The molecule has 0 spiro atoms. The smallest absolute Gasteiger partial charge is 0.129 e. The molecule has 0 N–H and O–H groups in total. The average Bonchev–Trinajstić information content (AvgIpc) is 3.06. The molecule has 0 atom stereocenters. The molecular weight excluding hydrogens is 320 g/mol. The van der Waals surface area contributed by atoms with Crippen LogP contribution in [0.5, 0.6) is 0 Å². The highest BCUT2D eigenvalue weighted by Crippen LogP contribution is 2.14. The maximum atomic E-state index is 5.66. The van der Waals surface area contributed by atoms with Crippen molar-refractivity contribution in [2.24, 2.45) is 0 Å². The van der Waals surface area contributed by atoms with Crippen LogP contribution in [0.25, 0.3) is 0 Å². The van der Waals surface area contributed by atoms with Gasteiger partial charge in [0.05, 0.1) is 0 Å². The Hall–Kier alpha value is -0.760. The Bertz CT molecular complexity index is 397. The van der Waals surface area contributed by atoms with Gasteiger partial charge in [-0.2, -0.15) is 0 Å². The molecule has 1 aromatic rings. The zero-order valence-corrected chi connectivity index (χ0v) is 17.7. The fraction of sp³-hybridized carbons (Fsp3) is 0.833. The second kappa shape index (κ2) is 17.6. The van der Waals surface area contributed by atoms with Gasteiger partial charge in [-0.05, 0) is 25.5 Å². The maximum absolute atomic E-state index is 5.66. The first-order chi connectivity index (χ1) is 12.8. The molecule has 0 unspecified atom stereocenters. The molecule has 0 bridgehead atoms. The quantitative estimate of drug-likeness (QED) is 0.230. The fourth-order valence-electron chi connectivity index (χ4n) is 3.49. The number of unbranched alkanes of at least 4 members (excludes halogenated alkanes) is 15. The second-order valence-corrected chi connectivity index (χ2v) is 7.87. The fourth-order valence-corrected chi connectivity index (χ4v) is 3.49. The van der Waals surface area contributed by atoms with Gasteiger partial charge in [0.25, 0.3) is 0 Å². The van der Waals surface area contributed by atoms with E-state index in [9.17, 15) is 0 Å². The SMILES string of the molecule is CCCCCCCCCCCCCCCCCCOCc1ccc(C)o1. The second-order valence-electron chi connectivity index (χ2n) is 7.87. The van der Waals surface area contributed by atoms with E-state index in [1.807, 2.05) is 19.1 Å². The summed E-state index contributed by atoms with van der Waals surface area (Å²) in [6.45, 7) is 5.74. The third kappa shape index (κ3) is 14.4. The summed E-state index contributed by atoms with van der Waals surface area (Å²) in [5.74, 6) is 1.91. The Morgan fingerprint density at radius 3 is 1.54 bits per heavy atom. The summed E-state index contributed by atoms with van der Waals surface area (Å²) in [7, 11) is 0. The van der Waals surface area contributed by atoms with Crippen LogP contribution in [0.2, 0.25) is 0 Å². The van der Waals surface area contributed by atoms with Crippen LogP contribution < -0.4 is 0 Å². The van der Waals surface area contributed by atoms with Crippen molar-refractivity contribution in [3.05, 3.63) is 23.7 Å². The highest BCUT2D eigenvalue weighted by atomic mass is 16.5. The van der Waals surface area contributed by atoms with Gasteiger partial charge in [0, 0.05) is 6.61 Å². The molecule has 0 saturated carbocycles. The van der Waals surface area contributed by atoms with Gasteiger partial charge in [-0.15, -0.1) is 0 Å². The molecule has 0 saturated heterocycles. The van der Waals surface area contributed by atoms with E-state index in [4.69, 9.17) is 9.15 Å². The van der Waals surface area contributed by atoms with Crippen LogP contribution in [0.4, 0.5) is 0 Å². The summed E-state index contributed by atoms with van der Waals surface area (Å²) in [6.07, 6.45) is 22.5. The van der Waals surface area contributed by atoms with Crippen LogP contribution >= 0.6 is 0 Å². The van der Waals surface area contributed by atoms with Crippen molar-refractivity contribution in [1.29, 1.82) is 0 Å². The maximum Gasteiger partial charge on any atom is 0.129 e. The first kappa shape index (κ1) is 23.3. The lowest BCUT2D eigenvalue weighted by Crippen LogP contribution is -1.94. The normalized spacial score (nSPS) is 11.3. The molecule has 2 nitrogen and oxygen atoms in total. The molecule has 26 heavy (non-hydrogen) atoms. The van der Waals surface area contributed by atoms with E-state index >= 15 is 0 Å². The van der Waals surface area contributed by atoms with Gasteiger partial charge in [-0.25, -0.2) is 0 Å². The van der Waals surface area contributed by atoms with E-state index in [-0.39, 0.29) is 0 Å². The van der Waals surface area contributed by atoms with E-state index in [1.165, 1.54) is 103 Å². The van der Waals surface area contributed by atoms with Crippen LogP contribution in [0.1, 0.15) is 121 Å². The summed E-state index contributed by atoms with van der Waals surface area (Å²) >= 11 is 0. The number of rotatable bonds is 19. The zero-order valence-electron chi connectivity index (χ0n) is 17.7. The summed E-state index contributed by atoms with van der Waals surface area (Å²) in [6, 6.07) is 4.00. The van der Waals surface area contributed by atoms with Gasteiger partial charge >= 0.3 is 0 Å². The Morgan fingerprint density at radius 2 is 1.12 bits per heavy atom. The lowest BCUT2D eigenvalue weighted by atomic mass is 10.0. The minimum atomic E-state index is 0.618. The van der Waals surface area contributed by atoms with Gasteiger partial charge in [-0.3, -0.25) is 0 Å². The molecule has 1 rings (SSSR count). The Labute approximate surface area is 163 Å². The number of aryl methyl sites for hydroxylation is 1. The zero-order chi connectivity index (χ0) is 18.7. The molecular formula is C24H44O2. The Kier molecular flexibility index (Phi) is 15.8. The van der Waals surface area contributed by atoms with E-state index in [1.54, 1.807) is 0 Å². The van der Waals surface area contributed by atoms with Crippen LogP contribution in [0.15, 0.2) is 16.5 Å². The van der Waals surface area contributed by atoms with Crippen LogP contribution in [0.3, 0.4) is 0 Å². The van der Waals surface area contributed by atoms with Crippen LogP contribution in [0, 0.1) is 6.92 Å². The van der Waals surface area contributed by atoms with Gasteiger partial charge in [0.1, 0.15) is 18.1 Å². The summed E-state index contributed by atoms with van der Waals surface area (Å²) < 4.78 is 11.2. The van der Waals surface area contributed by atoms with E-state index in [0.29, 0.717) is 6.61 Å². The molecule has 2 heteroatoms. The molecule has 0 amide bonds. The molecule has 0 fully saturated rings. The number of hydrogen-bond acceptors (Lipinski definition) is 2. The summed E-state index contributed by atoms with van der Waals surface area (Å²) in [5.41, 5.74) is 0. The Morgan fingerprint density at radius 1 is 0.654 bits per heavy atom. The third-order valence-corrected chi connectivity index (χ3v) is 5.18. The van der Waals surface area contributed by atoms with Crippen molar-refractivity contribution >= 4 is 0 Å². The minimum absolute atomic E-state index is 0.618. The Balaban J connectivity index is 1.68. The summed E-state index contributed by atoms with van der Waals surface area (Å²) in [5, 5.41) is 0. The van der Waals surface area contributed by atoms with Gasteiger partial charge < -0.3 is 9.15 Å². The van der Waals surface area contributed by atoms with Crippen molar-refractivity contribution in [3.63, 3.8) is 0 Å². The summed E-state index contributed by atoms with van der Waals surface area (Å²) in [4.78, 5) is 0. The molecule has 0 aliphatic carbocycles. The minimum Gasteiger partial charge on any atom is -0.464 e. The van der Waals surface area contributed by atoms with E-state index < -0.39 is 0 Å². The molecule has 0 aromatic carbocycles. The highest BCUT2D eigenvalue weighted by Gasteiger charge is 1.98. The lowest BCUT2D eigenvalue weighted by Gasteiger charge is -2.04. The molecule has 152 valence electrons. The number of hydrogen-bond donors (Lipinski definition) is 0. The standard InChI is InChI=1S/C24H44O2/c1-3-4-5-6-7-8-9-10-11-12-13-14-15-16-17-18-21-25-22-24-20-19-23(2)26-24/h19-20H,3-18,21-22H2,1-2H3. The topological polar surface area (TPSA) is 22.4 Å². The largest absolute Gasteiger partial charge is 0.464 e. The average molecular weight is 365 g/mol. The van der Waals surface area contributed by atoms with Crippen molar-refractivity contribution in [1.82, 2.24) is 0 Å². The van der Waals surface area contributed by atoms with Crippen molar-refractivity contribution in [2.75, 3.05) is 6.61 Å². The van der Waals surface area contributed by atoms with Gasteiger partial charge in [0.15, 0.2) is 0 Å². The molecule has 0 aliphatic rings. The molecule has 0 aliphatic heterocycles. The number of ether oxygens (including phenoxy) is 1. The predicted octanol–water partition coefficient (Wildman–Crippen LogP) is 8.37. The first-order valence-corrected chi connectivity index (χ1v) is 11.5.